The number of carbonyl (C=O) groups excluding carboxylic acids is 1. The SMILES string of the molecule is COc1ccc(Cc2[nH][nH]c(=O)c2[C@@H](CC(N)=O)c2ccc3c(c2)OCO3)cc1. The van der Waals surface area contributed by atoms with E-state index >= 15 is 0 Å². The standard InChI is InChI=1S/C21H21N3O5/c1-27-14-5-2-12(3-6-14)8-16-20(21(26)24-23-16)15(10-19(22)25)13-4-7-17-18(9-13)29-11-28-17/h2-7,9,15H,8,10-11H2,1H3,(H2,22,25)(H2,23,24,26)/t15-/m0/s1. The number of aromatic amines is 2. The molecule has 1 amide bonds. The van der Waals surface area contributed by atoms with Gasteiger partial charge in [0.05, 0.1) is 7.11 Å². The first kappa shape index (κ1) is 18.7. The topological polar surface area (TPSA) is 119 Å². The molecule has 0 aliphatic carbocycles. The van der Waals surface area contributed by atoms with Crippen LogP contribution < -0.4 is 25.5 Å². The summed E-state index contributed by atoms with van der Waals surface area (Å²) in [4.78, 5) is 24.4. The monoisotopic (exact) mass is 395 g/mol. The summed E-state index contributed by atoms with van der Waals surface area (Å²) in [6, 6.07) is 13.0. The lowest BCUT2D eigenvalue weighted by Gasteiger charge is -2.16. The number of hydrogen-bond donors (Lipinski definition) is 3. The van der Waals surface area contributed by atoms with Crippen LogP contribution in [0, 0.1) is 0 Å². The molecule has 0 saturated carbocycles. The van der Waals surface area contributed by atoms with Gasteiger partial charge in [-0.3, -0.25) is 14.7 Å². The largest absolute Gasteiger partial charge is 0.497 e. The number of fused-ring (bicyclic) bond motifs is 1. The van der Waals surface area contributed by atoms with Crippen LogP contribution in [0.1, 0.15) is 34.7 Å². The van der Waals surface area contributed by atoms with Crippen molar-refractivity contribution in [2.24, 2.45) is 5.73 Å². The highest BCUT2D eigenvalue weighted by molar-refractivity contribution is 5.75. The Morgan fingerprint density at radius 3 is 2.62 bits per heavy atom. The van der Waals surface area contributed by atoms with E-state index in [-0.39, 0.29) is 18.8 Å². The summed E-state index contributed by atoms with van der Waals surface area (Å²) in [5.41, 5.74) is 8.16. The normalized spacial score (nSPS) is 13.3. The first-order chi connectivity index (χ1) is 14.0. The minimum absolute atomic E-state index is 0.00378. The van der Waals surface area contributed by atoms with Crippen LogP contribution in [-0.2, 0) is 11.2 Å². The van der Waals surface area contributed by atoms with Crippen LogP contribution in [0.25, 0.3) is 0 Å². The molecule has 29 heavy (non-hydrogen) atoms. The molecule has 0 radical (unpaired) electrons. The van der Waals surface area contributed by atoms with Gasteiger partial charge in [0.25, 0.3) is 5.56 Å². The number of nitrogens with two attached hydrogens (primary N) is 1. The Hall–Kier alpha value is -3.68. The Morgan fingerprint density at radius 1 is 1.14 bits per heavy atom. The molecule has 2 heterocycles. The van der Waals surface area contributed by atoms with Crippen LogP contribution in [-0.4, -0.2) is 30.0 Å². The number of H-pyrrole nitrogens is 2. The maximum Gasteiger partial charge on any atom is 0.267 e. The van der Waals surface area contributed by atoms with E-state index in [1.165, 1.54) is 0 Å². The third-order valence-corrected chi connectivity index (χ3v) is 4.99. The van der Waals surface area contributed by atoms with Crippen molar-refractivity contribution >= 4 is 5.91 Å². The molecule has 0 spiro atoms. The van der Waals surface area contributed by atoms with E-state index < -0.39 is 11.8 Å². The maximum atomic E-state index is 12.6. The molecule has 2 aromatic carbocycles. The summed E-state index contributed by atoms with van der Waals surface area (Å²) in [7, 11) is 1.61. The fourth-order valence-corrected chi connectivity index (χ4v) is 3.58. The summed E-state index contributed by atoms with van der Waals surface area (Å²) in [5.74, 6) is 0.964. The minimum Gasteiger partial charge on any atom is -0.497 e. The number of primary amides is 1. The summed E-state index contributed by atoms with van der Waals surface area (Å²) >= 11 is 0. The molecule has 8 heteroatoms. The Labute approximate surface area is 166 Å². The lowest BCUT2D eigenvalue weighted by Crippen LogP contribution is -2.21. The van der Waals surface area contributed by atoms with Crippen molar-refractivity contribution in [3.05, 3.63) is 75.2 Å². The van der Waals surface area contributed by atoms with Crippen LogP contribution in [0.4, 0.5) is 0 Å². The van der Waals surface area contributed by atoms with Crippen LogP contribution in [0.5, 0.6) is 17.2 Å². The van der Waals surface area contributed by atoms with Crippen molar-refractivity contribution < 1.29 is 19.0 Å². The van der Waals surface area contributed by atoms with Crippen LogP contribution in [0.3, 0.4) is 0 Å². The molecule has 8 nitrogen and oxygen atoms in total. The molecule has 1 aliphatic heterocycles. The summed E-state index contributed by atoms with van der Waals surface area (Å²) in [5, 5.41) is 5.59. The third-order valence-electron chi connectivity index (χ3n) is 4.99. The van der Waals surface area contributed by atoms with Gasteiger partial charge in [-0.2, -0.15) is 0 Å². The van der Waals surface area contributed by atoms with E-state index in [9.17, 15) is 9.59 Å². The Kier molecular flexibility index (Phi) is 4.99. The van der Waals surface area contributed by atoms with Crippen LogP contribution in [0.15, 0.2) is 47.3 Å². The quantitative estimate of drug-likeness (QED) is 0.566. The van der Waals surface area contributed by atoms with Gasteiger partial charge < -0.3 is 25.0 Å². The molecule has 0 saturated heterocycles. The second-order valence-corrected chi connectivity index (χ2v) is 6.83. The van der Waals surface area contributed by atoms with Crippen molar-refractivity contribution in [3.63, 3.8) is 0 Å². The molecule has 4 N–H and O–H groups in total. The van der Waals surface area contributed by atoms with Gasteiger partial charge in [0.1, 0.15) is 5.75 Å². The fourth-order valence-electron chi connectivity index (χ4n) is 3.58. The molecule has 1 aliphatic rings. The summed E-state index contributed by atoms with van der Waals surface area (Å²) in [6.45, 7) is 0.146. The zero-order chi connectivity index (χ0) is 20.4. The van der Waals surface area contributed by atoms with E-state index in [2.05, 4.69) is 10.2 Å². The number of amides is 1. The van der Waals surface area contributed by atoms with Gasteiger partial charge in [0.2, 0.25) is 12.7 Å². The lowest BCUT2D eigenvalue weighted by molar-refractivity contribution is -0.118. The molecule has 1 aromatic heterocycles. The average Bonchev–Trinajstić information content (AvgIpc) is 3.33. The van der Waals surface area contributed by atoms with E-state index in [1.54, 1.807) is 19.2 Å². The smallest absolute Gasteiger partial charge is 0.267 e. The predicted molar refractivity (Wildman–Crippen MR) is 105 cm³/mol. The van der Waals surface area contributed by atoms with Gasteiger partial charge in [0.15, 0.2) is 11.5 Å². The van der Waals surface area contributed by atoms with Gasteiger partial charge in [0, 0.05) is 30.0 Å². The van der Waals surface area contributed by atoms with Gasteiger partial charge >= 0.3 is 0 Å². The van der Waals surface area contributed by atoms with Crippen LogP contribution in [0.2, 0.25) is 0 Å². The summed E-state index contributed by atoms with van der Waals surface area (Å²) in [6.07, 6.45) is 0.480. The second kappa shape index (κ2) is 7.75. The number of methoxy groups -OCH3 is 1. The number of nitrogens with one attached hydrogen (secondary N) is 2. The number of carbonyl (C=O) groups is 1. The number of rotatable bonds is 7. The van der Waals surface area contributed by atoms with Crippen molar-refractivity contribution in [1.82, 2.24) is 10.2 Å². The highest BCUT2D eigenvalue weighted by atomic mass is 16.7. The van der Waals surface area contributed by atoms with Crippen molar-refractivity contribution in [2.75, 3.05) is 13.9 Å². The van der Waals surface area contributed by atoms with E-state index in [0.717, 1.165) is 16.9 Å². The Bertz CT molecular complexity index is 1080. The van der Waals surface area contributed by atoms with Gasteiger partial charge in [-0.15, -0.1) is 0 Å². The second-order valence-electron chi connectivity index (χ2n) is 6.83. The summed E-state index contributed by atoms with van der Waals surface area (Å²) < 4.78 is 16.0. The molecular weight excluding hydrogens is 374 g/mol. The van der Waals surface area contributed by atoms with Crippen molar-refractivity contribution in [1.29, 1.82) is 0 Å². The molecule has 0 fully saturated rings. The number of aromatic nitrogens is 2. The number of ether oxygens (including phenoxy) is 3. The first-order valence-electron chi connectivity index (χ1n) is 9.15. The predicted octanol–water partition coefficient (Wildman–Crippen LogP) is 2.04. The number of hydrogen-bond acceptors (Lipinski definition) is 5. The molecular formula is C21H21N3O5. The number of benzene rings is 2. The molecule has 4 rings (SSSR count). The van der Waals surface area contributed by atoms with E-state index in [1.807, 2.05) is 30.3 Å². The zero-order valence-corrected chi connectivity index (χ0v) is 15.9. The third kappa shape index (κ3) is 3.82. The van der Waals surface area contributed by atoms with E-state index in [0.29, 0.717) is 29.2 Å². The van der Waals surface area contributed by atoms with Gasteiger partial charge in [-0.1, -0.05) is 18.2 Å². The molecule has 0 bridgehead atoms. The maximum absolute atomic E-state index is 12.6. The van der Waals surface area contributed by atoms with Gasteiger partial charge in [-0.25, -0.2) is 0 Å². The van der Waals surface area contributed by atoms with E-state index in [4.69, 9.17) is 19.9 Å². The average molecular weight is 395 g/mol. The molecule has 150 valence electrons. The fraction of sp³-hybridized carbons (Fsp3) is 0.238. The Morgan fingerprint density at radius 2 is 1.90 bits per heavy atom. The molecule has 1 atom stereocenters. The minimum atomic E-state index is -0.509. The highest BCUT2D eigenvalue weighted by Gasteiger charge is 2.26. The zero-order valence-electron chi connectivity index (χ0n) is 15.9. The van der Waals surface area contributed by atoms with Crippen molar-refractivity contribution in [3.8, 4) is 17.2 Å². The van der Waals surface area contributed by atoms with Crippen LogP contribution >= 0.6 is 0 Å². The first-order valence-corrected chi connectivity index (χ1v) is 9.15. The Balaban J connectivity index is 1.72. The van der Waals surface area contributed by atoms with Crippen molar-refractivity contribution in [2.45, 2.75) is 18.8 Å². The highest BCUT2D eigenvalue weighted by Crippen LogP contribution is 2.37. The van der Waals surface area contributed by atoms with Gasteiger partial charge in [-0.05, 0) is 35.4 Å². The molecule has 3 aromatic rings. The lowest BCUT2D eigenvalue weighted by atomic mass is 9.87. The molecule has 0 unspecified atom stereocenters.